The predicted octanol–water partition coefficient (Wildman–Crippen LogP) is 5.43. The fourth-order valence-corrected chi connectivity index (χ4v) is 3.40. The van der Waals surface area contributed by atoms with Gasteiger partial charge in [0.15, 0.2) is 0 Å². The second-order valence-corrected chi connectivity index (χ2v) is 6.08. The van der Waals surface area contributed by atoms with Gasteiger partial charge in [0, 0.05) is 0 Å². The fourth-order valence-electron chi connectivity index (χ4n) is 3.40. The summed E-state index contributed by atoms with van der Waals surface area (Å²) in [5.41, 5.74) is 4.10. The fraction of sp³-hybridized carbons (Fsp3) is 0.238. The van der Waals surface area contributed by atoms with E-state index >= 15 is 0 Å². The van der Waals surface area contributed by atoms with Crippen LogP contribution in [0.4, 0.5) is 0 Å². The molecule has 0 aliphatic heterocycles. The van der Waals surface area contributed by atoms with Gasteiger partial charge in [-0.3, -0.25) is 0 Å². The molecule has 1 nitrogen and oxygen atoms in total. The number of hydrogen-bond donors (Lipinski definition) is 0. The minimum atomic E-state index is 0.230. The third-order valence-corrected chi connectivity index (χ3v) is 4.56. The molecule has 0 heterocycles. The molecule has 110 valence electrons. The molecule has 0 amide bonds. The summed E-state index contributed by atoms with van der Waals surface area (Å²) in [6, 6.07) is 23.7. The average Bonchev–Trinajstić information content (AvgIpc) is 2.59. The quantitative estimate of drug-likeness (QED) is 0.624. The zero-order chi connectivity index (χ0) is 14.8. The van der Waals surface area contributed by atoms with Gasteiger partial charge in [0.25, 0.3) is 0 Å². The van der Waals surface area contributed by atoms with Gasteiger partial charge < -0.3 is 4.74 Å². The first kappa shape index (κ1) is 13.5. The van der Waals surface area contributed by atoms with E-state index in [1.165, 1.54) is 40.3 Å². The Balaban J connectivity index is 1.62. The summed E-state index contributed by atoms with van der Waals surface area (Å²) in [6.45, 7) is 0.692. The lowest BCUT2D eigenvalue weighted by atomic mass is 9.87. The molecular weight excluding hydrogens is 268 g/mol. The van der Waals surface area contributed by atoms with Crippen LogP contribution in [0.25, 0.3) is 10.8 Å². The van der Waals surface area contributed by atoms with E-state index in [2.05, 4.69) is 60.7 Å². The second kappa shape index (κ2) is 5.94. The van der Waals surface area contributed by atoms with Crippen LogP contribution >= 0.6 is 0 Å². The molecule has 1 aliphatic rings. The first-order valence-corrected chi connectivity index (χ1v) is 8.07. The number of rotatable bonds is 3. The summed E-state index contributed by atoms with van der Waals surface area (Å²) >= 11 is 0. The molecule has 0 saturated heterocycles. The van der Waals surface area contributed by atoms with Crippen molar-refractivity contribution in [1.82, 2.24) is 0 Å². The van der Waals surface area contributed by atoms with Crippen LogP contribution in [0.3, 0.4) is 0 Å². The van der Waals surface area contributed by atoms with Gasteiger partial charge in [0.05, 0.1) is 12.7 Å². The van der Waals surface area contributed by atoms with E-state index in [1.807, 2.05) is 6.07 Å². The molecule has 1 aliphatic carbocycles. The lowest BCUT2D eigenvalue weighted by Gasteiger charge is -2.26. The Morgan fingerprint density at radius 3 is 2.41 bits per heavy atom. The minimum absolute atomic E-state index is 0.230. The van der Waals surface area contributed by atoms with Crippen LogP contribution in [0.15, 0.2) is 66.7 Å². The van der Waals surface area contributed by atoms with Crippen molar-refractivity contribution in [3.63, 3.8) is 0 Å². The maximum atomic E-state index is 6.24. The van der Waals surface area contributed by atoms with Crippen molar-refractivity contribution in [2.24, 2.45) is 0 Å². The molecule has 1 atom stereocenters. The lowest BCUT2D eigenvalue weighted by molar-refractivity contribution is 0.0284. The van der Waals surface area contributed by atoms with E-state index in [9.17, 15) is 0 Å². The topological polar surface area (TPSA) is 9.23 Å². The van der Waals surface area contributed by atoms with Crippen LogP contribution < -0.4 is 0 Å². The molecule has 3 aromatic rings. The van der Waals surface area contributed by atoms with Crippen LogP contribution in [0.5, 0.6) is 0 Å². The maximum Gasteiger partial charge on any atom is 0.0832 e. The van der Waals surface area contributed by atoms with Gasteiger partial charge in [0.1, 0.15) is 0 Å². The second-order valence-electron chi connectivity index (χ2n) is 6.08. The molecule has 0 saturated carbocycles. The summed E-state index contributed by atoms with van der Waals surface area (Å²) < 4.78 is 6.24. The van der Waals surface area contributed by atoms with Crippen LogP contribution in [-0.4, -0.2) is 0 Å². The molecule has 0 spiro atoms. The Bertz CT molecular complexity index is 776. The van der Waals surface area contributed by atoms with Crippen molar-refractivity contribution in [2.45, 2.75) is 32.0 Å². The highest BCUT2D eigenvalue weighted by Crippen LogP contribution is 2.35. The van der Waals surface area contributed by atoms with Crippen molar-refractivity contribution in [1.29, 1.82) is 0 Å². The molecule has 3 aromatic carbocycles. The van der Waals surface area contributed by atoms with Crippen molar-refractivity contribution in [3.8, 4) is 0 Å². The first-order chi connectivity index (χ1) is 10.9. The third-order valence-electron chi connectivity index (χ3n) is 4.56. The van der Waals surface area contributed by atoms with Gasteiger partial charge in [-0.05, 0) is 52.8 Å². The van der Waals surface area contributed by atoms with E-state index < -0.39 is 0 Å². The molecule has 1 heteroatoms. The number of aryl methyl sites for hydroxylation is 1. The smallest absolute Gasteiger partial charge is 0.0832 e. The third kappa shape index (κ3) is 2.65. The number of benzene rings is 3. The normalized spacial score (nSPS) is 17.4. The minimum Gasteiger partial charge on any atom is -0.369 e. The average molecular weight is 288 g/mol. The largest absolute Gasteiger partial charge is 0.369 e. The van der Waals surface area contributed by atoms with E-state index in [-0.39, 0.29) is 6.10 Å². The van der Waals surface area contributed by atoms with Gasteiger partial charge in [-0.2, -0.15) is 0 Å². The molecule has 1 unspecified atom stereocenters. The van der Waals surface area contributed by atoms with E-state index in [0.29, 0.717) is 6.61 Å². The standard InChI is InChI=1S/C21H20O/c1-2-7-16(8-3-1)15-22-21-12-6-11-19-13-17-9-4-5-10-18(17)14-20(19)21/h1-5,7-10,13-14,21H,6,11-12,15H2. The number of ether oxygens (including phenoxy) is 1. The van der Waals surface area contributed by atoms with Gasteiger partial charge in [0.2, 0.25) is 0 Å². The molecule has 0 bridgehead atoms. The first-order valence-electron chi connectivity index (χ1n) is 8.07. The van der Waals surface area contributed by atoms with Gasteiger partial charge in [-0.1, -0.05) is 60.7 Å². The monoisotopic (exact) mass is 288 g/mol. The molecule has 22 heavy (non-hydrogen) atoms. The predicted molar refractivity (Wildman–Crippen MR) is 90.9 cm³/mol. The molecule has 4 rings (SSSR count). The van der Waals surface area contributed by atoms with Crippen molar-refractivity contribution < 1.29 is 4.74 Å². The SMILES string of the molecule is c1ccc(COC2CCCc3cc4ccccc4cc32)cc1. The van der Waals surface area contributed by atoms with E-state index in [4.69, 9.17) is 4.74 Å². The molecule has 0 aromatic heterocycles. The number of hydrogen-bond acceptors (Lipinski definition) is 1. The zero-order valence-electron chi connectivity index (χ0n) is 12.7. The van der Waals surface area contributed by atoms with Crippen molar-refractivity contribution in [3.05, 3.63) is 83.4 Å². The molecular formula is C21H20O. The highest BCUT2D eigenvalue weighted by molar-refractivity contribution is 5.84. The zero-order valence-corrected chi connectivity index (χ0v) is 12.7. The van der Waals surface area contributed by atoms with Crippen molar-refractivity contribution >= 4 is 10.8 Å². The van der Waals surface area contributed by atoms with E-state index in [0.717, 1.165) is 6.42 Å². The highest BCUT2D eigenvalue weighted by atomic mass is 16.5. The Labute approximate surface area is 131 Å². The summed E-state index contributed by atoms with van der Waals surface area (Å²) in [6.07, 6.45) is 3.74. The highest BCUT2D eigenvalue weighted by Gasteiger charge is 2.21. The van der Waals surface area contributed by atoms with Crippen LogP contribution in [0.2, 0.25) is 0 Å². The van der Waals surface area contributed by atoms with Gasteiger partial charge in [-0.25, -0.2) is 0 Å². The van der Waals surface area contributed by atoms with E-state index in [1.54, 1.807) is 0 Å². The molecule has 0 N–H and O–H groups in total. The maximum absolute atomic E-state index is 6.24. The Morgan fingerprint density at radius 1 is 0.864 bits per heavy atom. The summed E-state index contributed by atoms with van der Waals surface area (Å²) in [7, 11) is 0. The van der Waals surface area contributed by atoms with Crippen LogP contribution in [0.1, 0.15) is 35.6 Å². The summed E-state index contributed by atoms with van der Waals surface area (Å²) in [5.74, 6) is 0. The Hall–Kier alpha value is -2.12. The number of fused-ring (bicyclic) bond motifs is 2. The Kier molecular flexibility index (Phi) is 3.65. The van der Waals surface area contributed by atoms with Gasteiger partial charge in [-0.15, -0.1) is 0 Å². The Morgan fingerprint density at radius 2 is 1.59 bits per heavy atom. The molecule has 0 fully saturated rings. The summed E-state index contributed by atoms with van der Waals surface area (Å²) in [4.78, 5) is 0. The van der Waals surface area contributed by atoms with Gasteiger partial charge >= 0.3 is 0 Å². The lowest BCUT2D eigenvalue weighted by Crippen LogP contribution is -2.13. The van der Waals surface area contributed by atoms with Crippen LogP contribution in [-0.2, 0) is 17.8 Å². The molecule has 0 radical (unpaired) electrons. The van der Waals surface area contributed by atoms with Crippen LogP contribution in [0, 0.1) is 0 Å². The van der Waals surface area contributed by atoms with Crippen molar-refractivity contribution in [2.75, 3.05) is 0 Å². The summed E-state index contributed by atoms with van der Waals surface area (Å²) in [5, 5.41) is 2.65.